The monoisotopic (exact) mass is 274 g/mol. The molecule has 0 saturated carbocycles. The standard InChI is InChI=1S/C15H22N4O/c1-3-12(13-6-4-5-11(2)9-13)7-8-14-10-20-15(17-14)18-19-16/h4-6,9,12,14H,3,7-8,10H2,1-2H3,(H2,16,17,18)/t12?,14-/m0/s1. The smallest absolute Gasteiger partial charge is 0.332 e. The molecule has 2 rings (SSSR count). The van der Waals surface area contributed by atoms with Crippen LogP contribution in [-0.2, 0) is 4.74 Å². The van der Waals surface area contributed by atoms with Gasteiger partial charge in [0.05, 0.1) is 6.04 Å². The fourth-order valence-electron chi connectivity index (χ4n) is 2.58. The summed E-state index contributed by atoms with van der Waals surface area (Å²) in [6.45, 7) is 4.95. The highest BCUT2D eigenvalue weighted by molar-refractivity contribution is 5.75. The van der Waals surface area contributed by atoms with Crippen LogP contribution in [0.5, 0.6) is 0 Å². The zero-order valence-corrected chi connectivity index (χ0v) is 12.1. The van der Waals surface area contributed by atoms with E-state index in [-0.39, 0.29) is 6.04 Å². The van der Waals surface area contributed by atoms with Crippen LogP contribution in [0.25, 0.3) is 0 Å². The Balaban J connectivity index is 1.92. The second-order valence-electron chi connectivity index (χ2n) is 5.19. The number of ether oxygens (including phenoxy) is 1. The van der Waals surface area contributed by atoms with E-state index in [0.29, 0.717) is 18.5 Å². The molecule has 2 atom stereocenters. The minimum absolute atomic E-state index is 0.175. The van der Waals surface area contributed by atoms with Crippen LogP contribution in [0.1, 0.15) is 43.2 Å². The van der Waals surface area contributed by atoms with Gasteiger partial charge in [0.15, 0.2) is 0 Å². The van der Waals surface area contributed by atoms with Crippen molar-refractivity contribution >= 4 is 6.02 Å². The highest BCUT2D eigenvalue weighted by Crippen LogP contribution is 2.27. The summed E-state index contributed by atoms with van der Waals surface area (Å²) in [6, 6.07) is 9.23. The van der Waals surface area contributed by atoms with Crippen LogP contribution in [0.3, 0.4) is 0 Å². The van der Waals surface area contributed by atoms with Crippen LogP contribution in [0.15, 0.2) is 39.6 Å². The predicted octanol–water partition coefficient (Wildman–Crippen LogP) is 3.35. The maximum Gasteiger partial charge on any atom is 0.332 e. The Hall–Kier alpha value is -1.91. The van der Waals surface area contributed by atoms with Crippen LogP contribution >= 0.6 is 0 Å². The average molecular weight is 274 g/mol. The van der Waals surface area contributed by atoms with Crippen molar-refractivity contribution in [3.63, 3.8) is 0 Å². The van der Waals surface area contributed by atoms with E-state index in [1.54, 1.807) is 0 Å². The summed E-state index contributed by atoms with van der Waals surface area (Å²) < 4.78 is 5.31. The Bertz CT molecular complexity index is 498. The fourth-order valence-corrected chi connectivity index (χ4v) is 2.58. The molecule has 1 aliphatic heterocycles. The molecule has 108 valence electrons. The van der Waals surface area contributed by atoms with Gasteiger partial charge in [-0.1, -0.05) is 47.1 Å². The van der Waals surface area contributed by atoms with Crippen LogP contribution in [0, 0.1) is 6.92 Å². The first-order valence-electron chi connectivity index (χ1n) is 7.11. The number of benzene rings is 1. The number of rotatable bonds is 5. The lowest BCUT2D eigenvalue weighted by molar-refractivity contribution is 0.302. The van der Waals surface area contributed by atoms with Crippen molar-refractivity contribution in [3.8, 4) is 0 Å². The number of nitrogens with two attached hydrogens (primary N) is 1. The Labute approximate surface area is 119 Å². The first kappa shape index (κ1) is 14.5. The summed E-state index contributed by atoms with van der Waals surface area (Å²) in [5.41, 5.74) is 2.73. The number of nitrogens with zero attached hydrogens (tertiary/aromatic N) is 3. The van der Waals surface area contributed by atoms with E-state index in [4.69, 9.17) is 10.6 Å². The molecule has 0 bridgehead atoms. The van der Waals surface area contributed by atoms with Gasteiger partial charge < -0.3 is 10.6 Å². The van der Waals surface area contributed by atoms with Crippen molar-refractivity contribution in [3.05, 3.63) is 35.4 Å². The maximum absolute atomic E-state index is 5.31. The Morgan fingerprint density at radius 2 is 2.35 bits per heavy atom. The molecule has 0 fully saturated rings. The summed E-state index contributed by atoms with van der Waals surface area (Å²) in [7, 11) is 0. The third-order valence-corrected chi connectivity index (χ3v) is 3.70. The summed E-state index contributed by atoms with van der Waals surface area (Å²) in [4.78, 5) is 4.35. The highest BCUT2D eigenvalue weighted by atomic mass is 16.5. The van der Waals surface area contributed by atoms with Crippen molar-refractivity contribution < 1.29 is 4.74 Å². The van der Waals surface area contributed by atoms with E-state index in [1.807, 2.05) is 0 Å². The molecule has 2 N–H and O–H groups in total. The fraction of sp³-hybridized carbons (Fsp3) is 0.533. The molecule has 5 heteroatoms. The molecule has 1 aliphatic rings. The molecule has 1 unspecified atom stereocenters. The number of hydrogen-bond donors (Lipinski definition) is 1. The van der Waals surface area contributed by atoms with E-state index in [9.17, 15) is 0 Å². The van der Waals surface area contributed by atoms with E-state index >= 15 is 0 Å². The van der Waals surface area contributed by atoms with Crippen molar-refractivity contribution in [2.75, 3.05) is 6.61 Å². The van der Waals surface area contributed by atoms with Crippen molar-refractivity contribution in [1.29, 1.82) is 0 Å². The lowest BCUT2D eigenvalue weighted by Gasteiger charge is -2.16. The SMILES string of the molecule is CCC(CC[C@H]1COC(N=NN)=N1)c1cccc(C)c1. The van der Waals surface area contributed by atoms with Gasteiger partial charge in [-0.15, -0.1) is 0 Å². The highest BCUT2D eigenvalue weighted by Gasteiger charge is 2.20. The van der Waals surface area contributed by atoms with E-state index in [1.165, 1.54) is 11.1 Å². The van der Waals surface area contributed by atoms with Gasteiger partial charge >= 0.3 is 6.02 Å². The molecule has 0 amide bonds. The molecule has 5 nitrogen and oxygen atoms in total. The van der Waals surface area contributed by atoms with Gasteiger partial charge in [0.2, 0.25) is 0 Å². The second-order valence-corrected chi connectivity index (χ2v) is 5.19. The van der Waals surface area contributed by atoms with Crippen LogP contribution in [-0.4, -0.2) is 18.7 Å². The number of aryl methyl sites for hydroxylation is 1. The van der Waals surface area contributed by atoms with Gasteiger partial charge in [0, 0.05) is 0 Å². The summed E-state index contributed by atoms with van der Waals surface area (Å²) in [5.74, 6) is 5.56. The Kier molecular flexibility index (Phi) is 5.09. The Morgan fingerprint density at radius 3 is 3.05 bits per heavy atom. The molecule has 0 radical (unpaired) electrons. The summed E-state index contributed by atoms with van der Waals surface area (Å²) in [6.07, 6.45) is 3.23. The van der Waals surface area contributed by atoms with E-state index in [2.05, 4.69) is 53.4 Å². The Morgan fingerprint density at radius 1 is 1.50 bits per heavy atom. The minimum atomic E-state index is 0.175. The summed E-state index contributed by atoms with van der Waals surface area (Å²) >= 11 is 0. The quantitative estimate of drug-likeness (QED) is 0.508. The zero-order valence-electron chi connectivity index (χ0n) is 12.1. The van der Waals surface area contributed by atoms with Crippen LogP contribution < -0.4 is 5.84 Å². The predicted molar refractivity (Wildman–Crippen MR) is 79.7 cm³/mol. The van der Waals surface area contributed by atoms with E-state index < -0.39 is 0 Å². The third kappa shape index (κ3) is 3.79. The third-order valence-electron chi connectivity index (χ3n) is 3.70. The zero-order chi connectivity index (χ0) is 14.4. The number of aliphatic imine (C=N–C) groups is 1. The molecule has 1 aromatic rings. The van der Waals surface area contributed by atoms with Gasteiger partial charge in [0.1, 0.15) is 6.61 Å². The van der Waals surface area contributed by atoms with E-state index in [0.717, 1.165) is 19.3 Å². The lowest BCUT2D eigenvalue weighted by atomic mass is 9.90. The van der Waals surface area contributed by atoms with Gasteiger partial charge in [-0.2, -0.15) is 0 Å². The molecular formula is C15H22N4O. The van der Waals surface area contributed by atoms with Gasteiger partial charge in [-0.05, 0) is 37.7 Å². The summed E-state index contributed by atoms with van der Waals surface area (Å²) in [5, 5.41) is 6.81. The van der Waals surface area contributed by atoms with Crippen LogP contribution in [0.2, 0.25) is 0 Å². The molecule has 0 saturated heterocycles. The first-order chi connectivity index (χ1) is 9.72. The molecule has 0 spiro atoms. The average Bonchev–Trinajstić information content (AvgIpc) is 2.88. The van der Waals surface area contributed by atoms with Crippen molar-refractivity contribution in [1.82, 2.24) is 0 Å². The molecule has 1 aromatic carbocycles. The normalized spacial score (nSPS) is 19.9. The number of amidine groups is 1. The molecule has 20 heavy (non-hydrogen) atoms. The van der Waals surface area contributed by atoms with Crippen molar-refractivity contribution in [2.45, 2.75) is 45.1 Å². The molecule has 0 aromatic heterocycles. The van der Waals surface area contributed by atoms with Gasteiger partial charge in [-0.25, -0.2) is 4.99 Å². The molecule has 0 aliphatic carbocycles. The molecular weight excluding hydrogens is 252 g/mol. The van der Waals surface area contributed by atoms with Crippen LogP contribution in [0.4, 0.5) is 0 Å². The minimum Gasteiger partial charge on any atom is -0.460 e. The maximum atomic E-state index is 5.31. The lowest BCUT2D eigenvalue weighted by Crippen LogP contribution is -2.09. The van der Waals surface area contributed by atoms with Gasteiger partial charge in [0.25, 0.3) is 0 Å². The molecule has 1 heterocycles. The van der Waals surface area contributed by atoms with Gasteiger partial charge in [-0.3, -0.25) is 0 Å². The topological polar surface area (TPSA) is 72.3 Å². The number of hydrogen-bond acceptors (Lipinski definition) is 4. The first-order valence-corrected chi connectivity index (χ1v) is 7.11. The second kappa shape index (κ2) is 7.03. The largest absolute Gasteiger partial charge is 0.460 e. The van der Waals surface area contributed by atoms with Crippen molar-refractivity contribution in [2.24, 2.45) is 21.2 Å².